The fourth-order valence-corrected chi connectivity index (χ4v) is 3.23. The molecule has 2 aromatic heterocycles. The third-order valence-electron chi connectivity index (χ3n) is 4.02. The van der Waals surface area contributed by atoms with Gasteiger partial charge < -0.3 is 9.73 Å². The van der Waals surface area contributed by atoms with Crippen molar-refractivity contribution in [2.45, 2.75) is 6.92 Å². The number of hydrogen-bond donors (Lipinski definition) is 1. The second-order valence-corrected chi connectivity index (χ2v) is 6.71. The maximum absolute atomic E-state index is 12.3. The Labute approximate surface area is 165 Å². The molecule has 134 valence electrons. The Hall–Kier alpha value is -2.89. The summed E-state index contributed by atoms with van der Waals surface area (Å²) in [7, 11) is 0. The first kappa shape index (κ1) is 17.5. The van der Waals surface area contributed by atoms with E-state index in [-0.39, 0.29) is 5.91 Å². The van der Waals surface area contributed by atoms with Crippen molar-refractivity contribution < 1.29 is 9.21 Å². The molecular formula is C20H13Cl2N3O2. The predicted molar refractivity (Wildman–Crippen MR) is 106 cm³/mol. The minimum Gasteiger partial charge on any atom is -0.441 e. The van der Waals surface area contributed by atoms with Crippen molar-refractivity contribution in [3.05, 3.63) is 76.2 Å². The number of fused-ring (bicyclic) bond motifs is 1. The summed E-state index contributed by atoms with van der Waals surface area (Å²) in [4.78, 5) is 20.9. The molecular weight excluding hydrogens is 385 g/mol. The van der Waals surface area contributed by atoms with Crippen LogP contribution in [-0.2, 0) is 0 Å². The zero-order chi connectivity index (χ0) is 19.0. The number of amides is 1. The first-order chi connectivity index (χ1) is 13.0. The Kier molecular flexibility index (Phi) is 4.56. The van der Waals surface area contributed by atoms with Gasteiger partial charge in [-0.25, -0.2) is 9.97 Å². The van der Waals surface area contributed by atoms with Gasteiger partial charge in [0, 0.05) is 30.3 Å². The van der Waals surface area contributed by atoms with E-state index in [1.165, 1.54) is 0 Å². The van der Waals surface area contributed by atoms with E-state index >= 15 is 0 Å². The topological polar surface area (TPSA) is 68.0 Å². The number of hydrogen-bond acceptors (Lipinski definition) is 4. The Morgan fingerprint density at radius 1 is 1.07 bits per heavy atom. The van der Waals surface area contributed by atoms with Crippen molar-refractivity contribution in [2.24, 2.45) is 0 Å². The molecule has 27 heavy (non-hydrogen) atoms. The van der Waals surface area contributed by atoms with Gasteiger partial charge in [0.15, 0.2) is 11.5 Å². The maximum Gasteiger partial charge on any atom is 0.258 e. The quantitative estimate of drug-likeness (QED) is 0.477. The molecule has 0 atom stereocenters. The number of carbonyl (C=O) groups is 1. The minimum absolute atomic E-state index is 0.321. The highest BCUT2D eigenvalue weighted by molar-refractivity contribution is 6.34. The van der Waals surface area contributed by atoms with Gasteiger partial charge in [0.05, 0.1) is 15.6 Å². The zero-order valence-electron chi connectivity index (χ0n) is 14.2. The lowest BCUT2D eigenvalue weighted by molar-refractivity contribution is 0.102. The molecule has 0 aliphatic heterocycles. The van der Waals surface area contributed by atoms with E-state index in [1.807, 2.05) is 12.1 Å². The van der Waals surface area contributed by atoms with Gasteiger partial charge in [-0.3, -0.25) is 4.79 Å². The third-order valence-corrected chi connectivity index (χ3v) is 4.66. The first-order valence-electron chi connectivity index (χ1n) is 8.10. The average Bonchev–Trinajstić information content (AvgIpc) is 3.01. The van der Waals surface area contributed by atoms with E-state index in [0.29, 0.717) is 32.9 Å². The van der Waals surface area contributed by atoms with Gasteiger partial charge in [0.1, 0.15) is 11.3 Å². The average molecular weight is 398 g/mol. The van der Waals surface area contributed by atoms with Gasteiger partial charge in [0.25, 0.3) is 5.91 Å². The van der Waals surface area contributed by atoms with Crippen molar-refractivity contribution in [1.29, 1.82) is 0 Å². The summed E-state index contributed by atoms with van der Waals surface area (Å²) in [5, 5.41) is 3.65. The zero-order valence-corrected chi connectivity index (χ0v) is 15.7. The highest BCUT2D eigenvalue weighted by Crippen LogP contribution is 2.32. The lowest BCUT2D eigenvalue weighted by Crippen LogP contribution is -2.13. The Morgan fingerprint density at radius 2 is 1.89 bits per heavy atom. The van der Waals surface area contributed by atoms with Crippen molar-refractivity contribution >= 4 is 46.0 Å². The number of halogens is 2. The Balaban J connectivity index is 1.60. The van der Waals surface area contributed by atoms with E-state index in [9.17, 15) is 4.79 Å². The molecule has 7 heteroatoms. The lowest BCUT2D eigenvalue weighted by atomic mass is 10.1. The molecule has 4 aromatic rings. The van der Waals surface area contributed by atoms with Gasteiger partial charge in [-0.1, -0.05) is 35.3 Å². The number of nitrogens with one attached hydrogen (secondary N) is 1. The number of benzene rings is 2. The maximum atomic E-state index is 12.3. The number of nitrogens with zero attached hydrogens (tertiary/aromatic N) is 2. The summed E-state index contributed by atoms with van der Waals surface area (Å²) in [5.74, 6) is 0.672. The lowest BCUT2D eigenvalue weighted by Gasteiger charge is -2.08. The second-order valence-electron chi connectivity index (χ2n) is 5.90. The molecule has 0 spiro atoms. The molecule has 4 rings (SSSR count). The monoisotopic (exact) mass is 397 g/mol. The number of pyridine rings is 1. The van der Waals surface area contributed by atoms with Crippen LogP contribution in [0.15, 0.2) is 59.1 Å². The van der Waals surface area contributed by atoms with Crippen molar-refractivity contribution in [1.82, 2.24) is 9.97 Å². The van der Waals surface area contributed by atoms with Gasteiger partial charge in [-0.15, -0.1) is 0 Å². The van der Waals surface area contributed by atoms with Crippen LogP contribution in [0.3, 0.4) is 0 Å². The summed E-state index contributed by atoms with van der Waals surface area (Å²) < 4.78 is 5.48. The fourth-order valence-electron chi connectivity index (χ4n) is 2.74. The van der Waals surface area contributed by atoms with Crippen LogP contribution >= 0.6 is 23.2 Å². The Bertz CT molecular complexity index is 1150. The number of oxazole rings is 1. The van der Waals surface area contributed by atoms with E-state index in [0.717, 1.165) is 16.6 Å². The molecule has 0 aliphatic carbocycles. The summed E-state index contributed by atoms with van der Waals surface area (Å²) >= 11 is 12.4. The molecule has 2 aromatic carbocycles. The van der Waals surface area contributed by atoms with Gasteiger partial charge >= 0.3 is 0 Å². The fraction of sp³-hybridized carbons (Fsp3) is 0.0500. The van der Waals surface area contributed by atoms with Crippen LogP contribution < -0.4 is 5.32 Å². The molecule has 0 saturated carbocycles. The van der Waals surface area contributed by atoms with Crippen LogP contribution in [0, 0.1) is 6.92 Å². The number of aromatic nitrogens is 2. The molecule has 0 fully saturated rings. The number of anilines is 1. The summed E-state index contributed by atoms with van der Waals surface area (Å²) in [5.41, 5.74) is 3.34. The molecule has 1 amide bonds. The van der Waals surface area contributed by atoms with E-state index in [4.69, 9.17) is 27.6 Å². The van der Waals surface area contributed by atoms with E-state index in [2.05, 4.69) is 15.3 Å². The highest BCUT2D eigenvalue weighted by atomic mass is 35.5. The van der Waals surface area contributed by atoms with Crippen LogP contribution in [-0.4, -0.2) is 15.9 Å². The summed E-state index contributed by atoms with van der Waals surface area (Å²) in [6.07, 6.45) is 1.64. The SMILES string of the molecule is Cc1nc2cc(-c3ccc(NC(=O)c4ccccc4Cl)nc3)c(Cl)cc2o1. The van der Waals surface area contributed by atoms with Crippen LogP contribution in [0.1, 0.15) is 16.2 Å². The van der Waals surface area contributed by atoms with Crippen LogP contribution in [0.2, 0.25) is 10.0 Å². The number of aryl methyl sites for hydroxylation is 1. The van der Waals surface area contributed by atoms with Gasteiger partial charge in [-0.05, 0) is 30.3 Å². The molecule has 0 aliphatic rings. The normalized spacial score (nSPS) is 10.9. The van der Waals surface area contributed by atoms with Crippen LogP contribution in [0.5, 0.6) is 0 Å². The standard InChI is InChI=1S/C20H13Cl2N3O2/c1-11-24-17-8-14(16(22)9-18(17)27-11)12-6-7-19(23-10-12)25-20(26)13-4-2-3-5-15(13)21/h2-10H,1H3,(H,23,25,26). The van der Waals surface area contributed by atoms with Gasteiger partial charge in [-0.2, -0.15) is 0 Å². The van der Waals surface area contributed by atoms with Crippen LogP contribution in [0.25, 0.3) is 22.2 Å². The number of rotatable bonds is 3. The number of carbonyl (C=O) groups excluding carboxylic acids is 1. The van der Waals surface area contributed by atoms with Crippen molar-refractivity contribution in [2.75, 3.05) is 5.32 Å². The smallest absolute Gasteiger partial charge is 0.258 e. The summed E-state index contributed by atoms with van der Waals surface area (Å²) in [6.45, 7) is 1.78. The predicted octanol–water partition coefficient (Wildman–Crippen LogP) is 5.76. The molecule has 0 unspecified atom stereocenters. The van der Waals surface area contributed by atoms with Crippen molar-refractivity contribution in [3.63, 3.8) is 0 Å². The van der Waals surface area contributed by atoms with E-state index < -0.39 is 0 Å². The molecule has 0 radical (unpaired) electrons. The van der Waals surface area contributed by atoms with E-state index in [1.54, 1.807) is 49.5 Å². The molecule has 1 N–H and O–H groups in total. The largest absolute Gasteiger partial charge is 0.441 e. The molecule has 5 nitrogen and oxygen atoms in total. The second kappa shape index (κ2) is 7.02. The Morgan fingerprint density at radius 3 is 2.63 bits per heavy atom. The highest BCUT2D eigenvalue weighted by Gasteiger charge is 2.12. The van der Waals surface area contributed by atoms with Crippen molar-refractivity contribution in [3.8, 4) is 11.1 Å². The van der Waals surface area contributed by atoms with Gasteiger partial charge in [0.2, 0.25) is 0 Å². The minimum atomic E-state index is -0.321. The first-order valence-corrected chi connectivity index (χ1v) is 8.86. The summed E-state index contributed by atoms with van der Waals surface area (Å²) in [6, 6.07) is 14.0. The third kappa shape index (κ3) is 3.52. The van der Waals surface area contributed by atoms with Crippen LogP contribution in [0.4, 0.5) is 5.82 Å². The molecule has 0 bridgehead atoms. The molecule has 2 heterocycles. The molecule has 0 saturated heterocycles.